The zero-order valence-corrected chi connectivity index (χ0v) is 6.13. The number of hydrogen-bond donors (Lipinski definition) is 0. The normalized spacial score (nSPS) is 9.42. The Bertz CT molecular complexity index is 318. The topological polar surface area (TPSA) is 87.3 Å². The molecule has 0 saturated carbocycles. The maximum atomic E-state index is 10.4. The molecule has 0 aromatic carbocycles. The van der Waals surface area contributed by atoms with E-state index in [1.165, 1.54) is 12.4 Å². The van der Waals surface area contributed by atoms with Crippen molar-refractivity contribution in [1.82, 2.24) is 9.71 Å². The maximum absolute atomic E-state index is 10.4. The largest absolute Gasteiger partial charge is 0.472 e. The van der Waals surface area contributed by atoms with Gasteiger partial charge in [0.05, 0.1) is 0 Å². The molecule has 0 N–H and O–H groups in total. The molecule has 0 bridgehead atoms. The Hall–Kier alpha value is -1.92. The molecule has 12 heavy (non-hydrogen) atoms. The van der Waals surface area contributed by atoms with Crippen molar-refractivity contribution < 1.29 is 14.6 Å². The lowest BCUT2D eigenvalue weighted by molar-refractivity contribution is -0.400. The van der Waals surface area contributed by atoms with E-state index < -0.39 is 16.8 Å². The fourth-order valence-corrected chi connectivity index (χ4v) is 0.621. The zero-order valence-electron chi connectivity index (χ0n) is 6.13. The molecular weight excluding hydrogens is 166 g/mol. The van der Waals surface area contributed by atoms with E-state index >= 15 is 0 Å². The number of aromatic nitrogens is 2. The van der Waals surface area contributed by atoms with E-state index in [4.69, 9.17) is 0 Å². The number of hydrogen-bond acceptors (Lipinski definition) is 5. The third kappa shape index (κ3) is 1.57. The van der Waals surface area contributed by atoms with E-state index in [0.29, 0.717) is 4.73 Å². The molecule has 1 aromatic rings. The van der Waals surface area contributed by atoms with Crippen LogP contribution in [-0.2, 0) is 4.79 Å². The van der Waals surface area contributed by atoms with Crippen LogP contribution < -0.4 is 4.84 Å². The minimum Gasteiger partial charge on any atom is -0.390 e. The summed E-state index contributed by atoms with van der Waals surface area (Å²) in [5.41, 5.74) is 0. The quantitative estimate of drug-likeness (QED) is 0.453. The fraction of sp³-hybridized carbons (Fsp3) is 0.200. The first-order chi connectivity index (χ1) is 5.61. The number of nitro groups is 1. The van der Waals surface area contributed by atoms with E-state index in [0.717, 1.165) is 6.92 Å². The van der Waals surface area contributed by atoms with Crippen molar-refractivity contribution in [2.24, 2.45) is 0 Å². The molecule has 7 heteroatoms. The van der Waals surface area contributed by atoms with Gasteiger partial charge in [-0.05, 0) is 9.65 Å². The molecule has 0 saturated heterocycles. The molecule has 0 spiro atoms. The summed E-state index contributed by atoms with van der Waals surface area (Å²) in [6, 6.07) is 0. The van der Waals surface area contributed by atoms with Crippen molar-refractivity contribution in [3.05, 3.63) is 22.5 Å². The Morgan fingerprint density at radius 3 is 3.00 bits per heavy atom. The smallest absolute Gasteiger partial charge is 0.390 e. The number of nitrogens with zero attached hydrogens (tertiary/aromatic N) is 3. The molecule has 1 rings (SSSR count). The van der Waals surface area contributed by atoms with Crippen LogP contribution in [0.2, 0.25) is 0 Å². The Balaban J connectivity index is 2.91. The summed E-state index contributed by atoms with van der Waals surface area (Å²) < 4.78 is 0.697. The van der Waals surface area contributed by atoms with Crippen LogP contribution in [0.3, 0.4) is 0 Å². The standard InChI is InChI=1S/C5H5N3O4/c1-4(9)12-7-3-2-6-5(7)8(10)11/h2-3H,1H3. The number of carbonyl (C=O) groups is 1. The van der Waals surface area contributed by atoms with Gasteiger partial charge >= 0.3 is 11.9 Å². The second kappa shape index (κ2) is 2.99. The number of rotatable bonds is 2. The predicted octanol–water partition coefficient (Wildman–Crippen LogP) is -0.234. The second-order valence-corrected chi connectivity index (χ2v) is 1.89. The van der Waals surface area contributed by atoms with Gasteiger partial charge in [-0.1, -0.05) is 4.98 Å². The SMILES string of the molecule is CC(=O)On1ccnc1[N+](=O)[O-]. The van der Waals surface area contributed by atoms with Gasteiger partial charge < -0.3 is 10.1 Å². The van der Waals surface area contributed by atoms with E-state index in [1.807, 2.05) is 0 Å². The van der Waals surface area contributed by atoms with Gasteiger partial charge in [0, 0.05) is 6.92 Å². The van der Waals surface area contributed by atoms with Gasteiger partial charge in [-0.2, -0.15) is 0 Å². The molecule has 1 heterocycles. The van der Waals surface area contributed by atoms with Crippen molar-refractivity contribution in [1.29, 1.82) is 0 Å². The van der Waals surface area contributed by atoms with Crippen molar-refractivity contribution in [3.8, 4) is 0 Å². The highest BCUT2D eigenvalue weighted by atomic mass is 16.7. The summed E-state index contributed by atoms with van der Waals surface area (Å²) in [6.45, 7) is 1.14. The number of carbonyl (C=O) groups excluding carboxylic acids is 1. The Morgan fingerprint density at radius 1 is 1.83 bits per heavy atom. The van der Waals surface area contributed by atoms with Crippen LogP contribution in [-0.4, -0.2) is 20.6 Å². The van der Waals surface area contributed by atoms with Crippen LogP contribution in [0.25, 0.3) is 0 Å². The van der Waals surface area contributed by atoms with Crippen molar-refractivity contribution in [2.45, 2.75) is 6.92 Å². The molecule has 64 valence electrons. The Labute approximate surface area is 66.7 Å². The van der Waals surface area contributed by atoms with Crippen molar-refractivity contribution >= 4 is 11.9 Å². The van der Waals surface area contributed by atoms with E-state index in [2.05, 4.69) is 9.82 Å². The predicted molar refractivity (Wildman–Crippen MR) is 36.1 cm³/mol. The fourth-order valence-electron chi connectivity index (χ4n) is 0.621. The summed E-state index contributed by atoms with van der Waals surface area (Å²) in [5, 5.41) is 10.2. The first kappa shape index (κ1) is 8.18. The van der Waals surface area contributed by atoms with E-state index in [9.17, 15) is 14.9 Å². The Kier molecular flexibility index (Phi) is 2.04. The molecule has 0 fully saturated rings. The van der Waals surface area contributed by atoms with Crippen molar-refractivity contribution in [3.63, 3.8) is 0 Å². The van der Waals surface area contributed by atoms with Crippen molar-refractivity contribution in [2.75, 3.05) is 0 Å². The molecule has 0 radical (unpaired) electrons. The maximum Gasteiger partial charge on any atom is 0.472 e. The molecular formula is C5H5N3O4. The lowest BCUT2D eigenvalue weighted by atomic mass is 10.8. The molecule has 0 unspecified atom stereocenters. The molecule has 0 aliphatic carbocycles. The van der Waals surface area contributed by atoms with Gasteiger partial charge in [0.2, 0.25) is 0 Å². The third-order valence-electron chi connectivity index (χ3n) is 0.979. The average Bonchev–Trinajstić information content (AvgIpc) is 2.33. The second-order valence-electron chi connectivity index (χ2n) is 1.89. The zero-order chi connectivity index (χ0) is 9.14. The van der Waals surface area contributed by atoms with Gasteiger partial charge in [-0.3, -0.25) is 4.84 Å². The lowest BCUT2D eigenvalue weighted by Crippen LogP contribution is -2.17. The molecule has 0 aliphatic heterocycles. The minimum absolute atomic E-state index is 0.523. The van der Waals surface area contributed by atoms with Gasteiger partial charge in [0.1, 0.15) is 12.4 Å². The monoisotopic (exact) mass is 171 g/mol. The van der Waals surface area contributed by atoms with Crippen LogP contribution >= 0.6 is 0 Å². The highest BCUT2D eigenvalue weighted by Crippen LogP contribution is 2.04. The highest BCUT2D eigenvalue weighted by Gasteiger charge is 2.16. The van der Waals surface area contributed by atoms with Gasteiger partial charge in [-0.25, -0.2) is 4.79 Å². The molecule has 1 aromatic heterocycles. The van der Waals surface area contributed by atoms with Gasteiger partial charge in [0.15, 0.2) is 0 Å². The minimum atomic E-state index is -0.747. The molecule has 0 amide bonds. The first-order valence-corrected chi connectivity index (χ1v) is 2.98. The summed E-state index contributed by atoms with van der Waals surface area (Å²) in [4.78, 5) is 27.6. The van der Waals surface area contributed by atoms with Crippen LogP contribution in [0.4, 0.5) is 5.95 Å². The summed E-state index contributed by atoms with van der Waals surface area (Å²) in [5.74, 6) is -1.17. The van der Waals surface area contributed by atoms with Gasteiger partial charge in [0.25, 0.3) is 0 Å². The average molecular weight is 171 g/mol. The van der Waals surface area contributed by atoms with Crippen LogP contribution in [0.15, 0.2) is 12.4 Å². The van der Waals surface area contributed by atoms with Crippen LogP contribution in [0.1, 0.15) is 6.92 Å². The van der Waals surface area contributed by atoms with Gasteiger partial charge in [-0.15, -0.1) is 0 Å². The highest BCUT2D eigenvalue weighted by molar-refractivity contribution is 5.66. The number of imidazole rings is 1. The summed E-state index contributed by atoms with van der Waals surface area (Å²) in [6.07, 6.45) is 2.35. The van der Waals surface area contributed by atoms with Crippen LogP contribution in [0, 0.1) is 10.1 Å². The molecule has 0 aliphatic rings. The Morgan fingerprint density at radius 2 is 2.50 bits per heavy atom. The molecule has 7 nitrogen and oxygen atoms in total. The summed E-state index contributed by atoms with van der Waals surface area (Å²) >= 11 is 0. The summed E-state index contributed by atoms with van der Waals surface area (Å²) in [7, 11) is 0. The van der Waals surface area contributed by atoms with E-state index in [-0.39, 0.29) is 0 Å². The van der Waals surface area contributed by atoms with E-state index in [1.54, 1.807) is 0 Å². The third-order valence-corrected chi connectivity index (χ3v) is 0.979. The molecule has 0 atom stereocenters. The van der Waals surface area contributed by atoms with Crippen LogP contribution in [0.5, 0.6) is 0 Å². The first-order valence-electron chi connectivity index (χ1n) is 2.98. The lowest BCUT2D eigenvalue weighted by Gasteiger charge is -1.96.